The predicted molar refractivity (Wildman–Crippen MR) is 85.6 cm³/mol. The number of nitrogens with one attached hydrogen (secondary N) is 1. The Hall–Kier alpha value is -1.72. The number of likely N-dealkylation sites (N-methyl/N-ethyl adjacent to an activating group) is 1. The fourth-order valence-electron chi connectivity index (χ4n) is 2.73. The number of para-hydroxylation sites is 1. The first kappa shape index (κ1) is 13.0. The van der Waals surface area contributed by atoms with Crippen LogP contribution in [-0.4, -0.2) is 21.6 Å². The van der Waals surface area contributed by atoms with Gasteiger partial charge >= 0.3 is 0 Å². The highest BCUT2D eigenvalue weighted by atomic mass is 32.1. The summed E-state index contributed by atoms with van der Waals surface area (Å²) < 4.78 is 3.58. The van der Waals surface area contributed by atoms with E-state index in [0.717, 1.165) is 16.9 Å². The maximum Gasteiger partial charge on any atom is 0.111 e. The van der Waals surface area contributed by atoms with Gasteiger partial charge in [-0.25, -0.2) is 9.97 Å². The van der Waals surface area contributed by atoms with Crippen LogP contribution in [0.1, 0.15) is 35.6 Å². The lowest BCUT2D eigenvalue weighted by molar-refractivity contribution is 0.558. The van der Waals surface area contributed by atoms with E-state index in [2.05, 4.69) is 33.1 Å². The third kappa shape index (κ3) is 2.47. The first-order valence-corrected chi connectivity index (χ1v) is 8.20. The average molecular weight is 298 g/mol. The number of thiazole rings is 1. The molecule has 0 bridgehead atoms. The monoisotopic (exact) mass is 298 g/mol. The van der Waals surface area contributed by atoms with Gasteiger partial charge in [0.1, 0.15) is 5.01 Å². The van der Waals surface area contributed by atoms with Gasteiger partial charge in [0.15, 0.2) is 0 Å². The molecule has 0 amide bonds. The van der Waals surface area contributed by atoms with E-state index in [-0.39, 0.29) is 6.04 Å². The van der Waals surface area contributed by atoms with E-state index in [0.29, 0.717) is 6.04 Å². The Bertz CT molecular complexity index is 723. The molecule has 1 fully saturated rings. The Balaban J connectivity index is 1.63. The fourth-order valence-corrected chi connectivity index (χ4v) is 3.81. The quantitative estimate of drug-likeness (QED) is 0.785. The van der Waals surface area contributed by atoms with Gasteiger partial charge in [-0.1, -0.05) is 12.1 Å². The van der Waals surface area contributed by atoms with Crippen LogP contribution in [0.2, 0.25) is 0 Å². The Morgan fingerprint density at radius 3 is 3.00 bits per heavy atom. The molecule has 0 spiro atoms. The van der Waals surface area contributed by atoms with Gasteiger partial charge in [-0.3, -0.25) is 0 Å². The molecule has 0 aliphatic heterocycles. The van der Waals surface area contributed by atoms with Crippen molar-refractivity contribution in [3.8, 4) is 0 Å². The molecule has 5 heteroatoms. The number of aromatic nitrogens is 3. The molecule has 4 nitrogen and oxygen atoms in total. The number of fused-ring (bicyclic) bond motifs is 1. The molecule has 1 aliphatic rings. The lowest BCUT2D eigenvalue weighted by Gasteiger charge is -2.14. The van der Waals surface area contributed by atoms with Gasteiger partial charge in [-0.15, -0.1) is 11.3 Å². The lowest BCUT2D eigenvalue weighted by atomic mass is 10.1. The SMILES string of the molecule is CNC(Cc1cncn1C1CC1)c1nc2ccccc2s1. The van der Waals surface area contributed by atoms with E-state index in [9.17, 15) is 0 Å². The summed E-state index contributed by atoms with van der Waals surface area (Å²) in [5, 5.41) is 4.57. The molecular weight excluding hydrogens is 280 g/mol. The van der Waals surface area contributed by atoms with Gasteiger partial charge in [-0.2, -0.15) is 0 Å². The standard InChI is InChI=1S/C16H18N4S/c1-17-14(8-12-9-18-10-20(12)11-6-7-11)16-19-13-4-2-3-5-15(13)21-16/h2-5,9-11,14,17H,6-8H2,1H3. The van der Waals surface area contributed by atoms with Crippen molar-refractivity contribution >= 4 is 21.6 Å². The number of hydrogen-bond acceptors (Lipinski definition) is 4. The lowest BCUT2D eigenvalue weighted by Crippen LogP contribution is -2.20. The maximum absolute atomic E-state index is 4.78. The average Bonchev–Trinajstić information content (AvgIpc) is 3.10. The van der Waals surface area contributed by atoms with E-state index in [1.165, 1.54) is 23.2 Å². The van der Waals surface area contributed by atoms with Crippen molar-refractivity contribution in [3.63, 3.8) is 0 Å². The molecule has 1 saturated carbocycles. The van der Waals surface area contributed by atoms with Crippen LogP contribution in [0.25, 0.3) is 10.2 Å². The molecule has 4 rings (SSSR count). The topological polar surface area (TPSA) is 42.7 Å². The fraction of sp³-hybridized carbons (Fsp3) is 0.375. The number of benzene rings is 1. The molecule has 1 N–H and O–H groups in total. The molecular formula is C16H18N4S. The number of imidazole rings is 1. The van der Waals surface area contributed by atoms with Gasteiger partial charge in [0.25, 0.3) is 0 Å². The summed E-state index contributed by atoms with van der Waals surface area (Å²) in [4.78, 5) is 9.11. The van der Waals surface area contributed by atoms with E-state index < -0.39 is 0 Å². The molecule has 2 aromatic heterocycles. The van der Waals surface area contributed by atoms with Crippen molar-refractivity contribution in [2.75, 3.05) is 7.05 Å². The van der Waals surface area contributed by atoms with Crippen LogP contribution in [0.5, 0.6) is 0 Å². The largest absolute Gasteiger partial charge is 0.331 e. The second-order valence-corrected chi connectivity index (χ2v) is 6.65. The highest BCUT2D eigenvalue weighted by Gasteiger charge is 2.26. The van der Waals surface area contributed by atoms with Gasteiger partial charge in [0.2, 0.25) is 0 Å². The summed E-state index contributed by atoms with van der Waals surface area (Å²) in [5.74, 6) is 0. The normalized spacial score (nSPS) is 16.4. The Morgan fingerprint density at radius 2 is 2.24 bits per heavy atom. The minimum atomic E-state index is 0.247. The Morgan fingerprint density at radius 1 is 1.38 bits per heavy atom. The minimum Gasteiger partial charge on any atom is -0.331 e. The van der Waals surface area contributed by atoms with Crippen molar-refractivity contribution in [2.45, 2.75) is 31.3 Å². The molecule has 1 atom stereocenters. The molecule has 1 unspecified atom stereocenters. The minimum absolute atomic E-state index is 0.247. The van der Waals surface area contributed by atoms with Crippen molar-refractivity contribution in [1.29, 1.82) is 0 Å². The zero-order chi connectivity index (χ0) is 14.2. The van der Waals surface area contributed by atoms with E-state index in [4.69, 9.17) is 4.98 Å². The van der Waals surface area contributed by atoms with Gasteiger partial charge in [0.05, 0.1) is 22.6 Å². The molecule has 0 radical (unpaired) electrons. The van der Waals surface area contributed by atoms with Crippen LogP contribution in [0.15, 0.2) is 36.8 Å². The molecule has 1 aliphatic carbocycles. The number of nitrogens with zero attached hydrogens (tertiary/aromatic N) is 3. The van der Waals surface area contributed by atoms with Crippen LogP contribution in [0.4, 0.5) is 0 Å². The summed E-state index contributed by atoms with van der Waals surface area (Å²) in [7, 11) is 2.01. The van der Waals surface area contributed by atoms with Crippen LogP contribution < -0.4 is 5.32 Å². The summed E-state index contributed by atoms with van der Waals surface area (Å²) in [5.41, 5.74) is 2.39. The maximum atomic E-state index is 4.78. The number of hydrogen-bond donors (Lipinski definition) is 1. The summed E-state index contributed by atoms with van der Waals surface area (Å²) in [6, 6.07) is 9.25. The summed E-state index contributed by atoms with van der Waals surface area (Å²) >= 11 is 1.78. The Labute approximate surface area is 127 Å². The first-order valence-electron chi connectivity index (χ1n) is 7.38. The summed E-state index contributed by atoms with van der Waals surface area (Å²) in [6.07, 6.45) is 7.48. The van der Waals surface area contributed by atoms with E-state index >= 15 is 0 Å². The van der Waals surface area contributed by atoms with Gasteiger partial charge < -0.3 is 9.88 Å². The zero-order valence-electron chi connectivity index (χ0n) is 12.0. The third-order valence-electron chi connectivity index (χ3n) is 4.06. The zero-order valence-corrected chi connectivity index (χ0v) is 12.8. The summed E-state index contributed by atoms with van der Waals surface area (Å²) in [6.45, 7) is 0. The molecule has 2 heterocycles. The highest BCUT2D eigenvalue weighted by molar-refractivity contribution is 7.18. The molecule has 0 saturated heterocycles. The van der Waals surface area contributed by atoms with Gasteiger partial charge in [-0.05, 0) is 32.0 Å². The number of rotatable bonds is 5. The highest BCUT2D eigenvalue weighted by Crippen LogP contribution is 2.36. The van der Waals surface area contributed by atoms with Crippen molar-refractivity contribution < 1.29 is 0 Å². The van der Waals surface area contributed by atoms with Crippen molar-refractivity contribution in [2.24, 2.45) is 0 Å². The first-order chi connectivity index (χ1) is 10.3. The second kappa shape index (κ2) is 5.24. The molecule has 108 valence electrons. The van der Waals surface area contributed by atoms with Crippen LogP contribution in [0, 0.1) is 0 Å². The predicted octanol–water partition coefficient (Wildman–Crippen LogP) is 3.33. The van der Waals surface area contributed by atoms with Crippen molar-refractivity contribution in [3.05, 3.63) is 47.5 Å². The smallest absolute Gasteiger partial charge is 0.111 e. The second-order valence-electron chi connectivity index (χ2n) is 5.59. The Kier molecular flexibility index (Phi) is 3.24. The van der Waals surface area contributed by atoms with Crippen LogP contribution in [0.3, 0.4) is 0 Å². The van der Waals surface area contributed by atoms with E-state index in [1.807, 2.05) is 25.6 Å². The van der Waals surface area contributed by atoms with Gasteiger partial charge in [0, 0.05) is 24.4 Å². The van der Waals surface area contributed by atoms with Crippen molar-refractivity contribution in [1.82, 2.24) is 19.9 Å². The third-order valence-corrected chi connectivity index (χ3v) is 5.21. The molecule has 1 aromatic carbocycles. The van der Waals surface area contributed by atoms with E-state index in [1.54, 1.807) is 11.3 Å². The molecule has 3 aromatic rings. The van der Waals surface area contributed by atoms with Crippen LogP contribution >= 0.6 is 11.3 Å². The van der Waals surface area contributed by atoms with Crippen LogP contribution in [-0.2, 0) is 6.42 Å². The molecule has 21 heavy (non-hydrogen) atoms.